The van der Waals surface area contributed by atoms with Gasteiger partial charge in [0.15, 0.2) is 0 Å². The molecule has 2 aromatic carbocycles. The van der Waals surface area contributed by atoms with Crippen LogP contribution in [0.25, 0.3) is 0 Å². The lowest BCUT2D eigenvalue weighted by molar-refractivity contribution is 0.0958. The van der Waals surface area contributed by atoms with Crippen LogP contribution in [0.4, 0.5) is 0 Å². The molecule has 1 heterocycles. The quantitative estimate of drug-likeness (QED) is 0.665. The number of ether oxygens (including phenoxy) is 2. The Kier molecular flexibility index (Phi) is 6.64. The number of rotatable bonds is 6. The van der Waals surface area contributed by atoms with Crippen molar-refractivity contribution in [3.63, 3.8) is 0 Å². The summed E-state index contributed by atoms with van der Waals surface area (Å²) < 4.78 is 11.2. The number of hydrogen-bond acceptors (Lipinski definition) is 4. The van der Waals surface area contributed by atoms with Gasteiger partial charge in [0.2, 0.25) is 0 Å². The van der Waals surface area contributed by atoms with Gasteiger partial charge in [0, 0.05) is 11.3 Å². The lowest BCUT2D eigenvalue weighted by Gasteiger charge is -2.06. The first-order valence-electron chi connectivity index (χ1n) is 8.83. The molecule has 3 rings (SSSR count). The Morgan fingerprint density at radius 3 is 2.36 bits per heavy atom. The third-order valence-corrected chi connectivity index (χ3v) is 3.75. The van der Waals surface area contributed by atoms with E-state index in [-0.39, 0.29) is 19.1 Å². The minimum atomic E-state index is -0.191. The van der Waals surface area contributed by atoms with E-state index in [9.17, 15) is 4.79 Å². The first-order chi connectivity index (χ1) is 13.7. The van der Waals surface area contributed by atoms with Crippen LogP contribution in [-0.2, 0) is 0 Å². The Labute approximate surface area is 164 Å². The molecule has 0 aliphatic carbocycles. The van der Waals surface area contributed by atoms with Crippen molar-refractivity contribution in [2.45, 2.75) is 6.92 Å². The number of benzene rings is 2. The third kappa shape index (κ3) is 5.89. The van der Waals surface area contributed by atoms with Crippen LogP contribution in [0.3, 0.4) is 0 Å². The van der Waals surface area contributed by atoms with Crippen molar-refractivity contribution in [2.75, 3.05) is 13.2 Å². The number of nitrogens with one attached hydrogen (secondary N) is 1. The summed E-state index contributed by atoms with van der Waals surface area (Å²) in [6, 6.07) is 20.2. The largest absolute Gasteiger partial charge is 0.479 e. The Morgan fingerprint density at radius 1 is 0.929 bits per heavy atom. The average Bonchev–Trinajstić information content (AvgIpc) is 2.73. The van der Waals surface area contributed by atoms with Crippen LogP contribution in [0, 0.1) is 18.8 Å². The van der Waals surface area contributed by atoms with Gasteiger partial charge in [-0.2, -0.15) is 0 Å². The topological polar surface area (TPSA) is 60.5 Å². The van der Waals surface area contributed by atoms with Crippen LogP contribution < -0.4 is 14.8 Å². The summed E-state index contributed by atoms with van der Waals surface area (Å²) in [5.41, 5.74) is 1.48. The molecule has 0 fully saturated rings. The van der Waals surface area contributed by atoms with Crippen molar-refractivity contribution >= 4 is 5.91 Å². The highest BCUT2D eigenvalue weighted by atomic mass is 16.5. The fourth-order valence-electron chi connectivity index (χ4n) is 2.30. The first kappa shape index (κ1) is 19.0. The number of carbonyl (C=O) groups excluding carboxylic acids is 1. The number of aryl methyl sites for hydroxylation is 1. The normalized spacial score (nSPS) is 9.75. The molecule has 0 unspecified atom stereocenters. The molecule has 3 aromatic rings. The first-order valence-corrected chi connectivity index (χ1v) is 8.83. The fourth-order valence-corrected chi connectivity index (χ4v) is 2.30. The summed E-state index contributed by atoms with van der Waals surface area (Å²) in [5, 5.41) is 2.75. The van der Waals surface area contributed by atoms with Crippen LogP contribution in [-0.4, -0.2) is 24.0 Å². The second-order valence-electron chi connectivity index (χ2n) is 5.90. The van der Waals surface area contributed by atoms with Crippen LogP contribution >= 0.6 is 0 Å². The zero-order chi connectivity index (χ0) is 19.6. The van der Waals surface area contributed by atoms with Crippen molar-refractivity contribution < 1.29 is 14.3 Å². The minimum absolute atomic E-state index is 0.191. The second kappa shape index (κ2) is 9.79. The van der Waals surface area contributed by atoms with E-state index in [4.69, 9.17) is 9.47 Å². The van der Waals surface area contributed by atoms with Gasteiger partial charge in [-0.1, -0.05) is 30.0 Å². The van der Waals surface area contributed by atoms with E-state index in [1.54, 1.807) is 30.5 Å². The van der Waals surface area contributed by atoms with E-state index in [0.29, 0.717) is 17.1 Å². The summed E-state index contributed by atoms with van der Waals surface area (Å²) in [4.78, 5) is 16.3. The molecule has 1 aromatic heterocycles. The highest BCUT2D eigenvalue weighted by molar-refractivity contribution is 5.94. The van der Waals surface area contributed by atoms with Crippen molar-refractivity contribution in [1.82, 2.24) is 10.3 Å². The fraction of sp³-hybridized carbons (Fsp3) is 0.130. The summed E-state index contributed by atoms with van der Waals surface area (Å²) >= 11 is 0. The van der Waals surface area contributed by atoms with Gasteiger partial charge < -0.3 is 14.8 Å². The molecule has 0 aliphatic heterocycles. The maximum Gasteiger partial charge on any atom is 0.252 e. The van der Waals surface area contributed by atoms with Gasteiger partial charge >= 0.3 is 0 Å². The highest BCUT2D eigenvalue weighted by Crippen LogP contribution is 2.21. The standard InChI is InChI=1S/C23H20N2O3/c1-18-9-12-22(17-25-18)27-16-6-5-15-24-23(26)19-10-13-21(14-11-19)28-20-7-3-2-4-8-20/h2-4,7-14,17H,15-16H2,1H3,(H,24,26). The van der Waals surface area contributed by atoms with E-state index >= 15 is 0 Å². The molecule has 1 N–H and O–H groups in total. The molecule has 28 heavy (non-hydrogen) atoms. The summed E-state index contributed by atoms with van der Waals surface area (Å²) in [5.74, 6) is 7.61. The molecule has 0 atom stereocenters. The molecule has 140 valence electrons. The van der Waals surface area contributed by atoms with Gasteiger partial charge in [-0.05, 0) is 55.5 Å². The van der Waals surface area contributed by atoms with Crippen LogP contribution in [0.5, 0.6) is 17.2 Å². The molecule has 5 heteroatoms. The van der Waals surface area contributed by atoms with Crippen molar-refractivity contribution in [3.05, 3.63) is 84.2 Å². The molecular weight excluding hydrogens is 352 g/mol. The zero-order valence-corrected chi connectivity index (χ0v) is 15.5. The predicted octanol–water partition coefficient (Wildman–Crippen LogP) is 3.99. The number of amides is 1. The maximum atomic E-state index is 12.1. The Morgan fingerprint density at radius 2 is 1.64 bits per heavy atom. The van der Waals surface area contributed by atoms with Gasteiger partial charge in [0.25, 0.3) is 5.91 Å². The van der Waals surface area contributed by atoms with Gasteiger partial charge in [-0.3, -0.25) is 9.78 Å². The SMILES string of the molecule is Cc1ccc(OCC#CCNC(=O)c2ccc(Oc3ccccc3)cc2)cn1. The lowest BCUT2D eigenvalue weighted by atomic mass is 10.2. The Hall–Kier alpha value is -3.78. The number of hydrogen-bond donors (Lipinski definition) is 1. The highest BCUT2D eigenvalue weighted by Gasteiger charge is 2.04. The number of pyridine rings is 1. The van der Waals surface area contributed by atoms with Crippen molar-refractivity contribution in [1.29, 1.82) is 0 Å². The van der Waals surface area contributed by atoms with Gasteiger partial charge in [0.05, 0.1) is 12.7 Å². The molecule has 0 saturated heterocycles. The van der Waals surface area contributed by atoms with Gasteiger partial charge in [0.1, 0.15) is 23.9 Å². The monoisotopic (exact) mass is 372 g/mol. The number of nitrogens with zero attached hydrogens (tertiary/aromatic N) is 1. The van der Waals surface area contributed by atoms with E-state index in [2.05, 4.69) is 22.1 Å². The summed E-state index contributed by atoms with van der Waals surface area (Å²) in [6.45, 7) is 2.40. The zero-order valence-electron chi connectivity index (χ0n) is 15.5. The number of aromatic nitrogens is 1. The van der Waals surface area contributed by atoms with Crippen molar-refractivity contribution in [3.8, 4) is 29.1 Å². The van der Waals surface area contributed by atoms with Crippen LogP contribution in [0.2, 0.25) is 0 Å². The van der Waals surface area contributed by atoms with E-state index in [0.717, 1.165) is 11.4 Å². The minimum Gasteiger partial charge on any atom is -0.479 e. The summed E-state index contributed by atoms with van der Waals surface area (Å²) in [7, 11) is 0. The lowest BCUT2D eigenvalue weighted by Crippen LogP contribution is -2.23. The Balaban J connectivity index is 1.42. The van der Waals surface area contributed by atoms with Crippen LogP contribution in [0.1, 0.15) is 16.1 Å². The third-order valence-electron chi connectivity index (χ3n) is 3.75. The average molecular weight is 372 g/mol. The molecule has 0 bridgehead atoms. The predicted molar refractivity (Wildman–Crippen MR) is 108 cm³/mol. The van der Waals surface area contributed by atoms with E-state index in [1.807, 2.05) is 49.4 Å². The van der Waals surface area contributed by atoms with E-state index in [1.165, 1.54) is 0 Å². The maximum absolute atomic E-state index is 12.1. The smallest absolute Gasteiger partial charge is 0.252 e. The molecule has 0 aliphatic rings. The number of carbonyl (C=O) groups is 1. The van der Waals surface area contributed by atoms with Gasteiger partial charge in [-0.25, -0.2) is 0 Å². The molecule has 0 saturated carbocycles. The molecule has 0 radical (unpaired) electrons. The molecule has 0 spiro atoms. The molecular formula is C23H20N2O3. The Bertz CT molecular complexity index is 957. The van der Waals surface area contributed by atoms with Crippen LogP contribution in [0.15, 0.2) is 72.9 Å². The molecule has 5 nitrogen and oxygen atoms in total. The molecule has 1 amide bonds. The van der Waals surface area contributed by atoms with Crippen molar-refractivity contribution in [2.24, 2.45) is 0 Å². The second-order valence-corrected chi connectivity index (χ2v) is 5.90. The van der Waals surface area contributed by atoms with E-state index < -0.39 is 0 Å². The summed E-state index contributed by atoms with van der Waals surface area (Å²) in [6.07, 6.45) is 1.66. The van der Waals surface area contributed by atoms with Gasteiger partial charge in [-0.15, -0.1) is 0 Å². The number of para-hydroxylation sites is 1.